The first kappa shape index (κ1) is 19.4. The van der Waals surface area contributed by atoms with E-state index in [4.69, 9.17) is 4.74 Å². The van der Waals surface area contributed by atoms with Gasteiger partial charge < -0.3 is 15.4 Å². The van der Waals surface area contributed by atoms with Crippen molar-refractivity contribution in [1.82, 2.24) is 15.6 Å². The van der Waals surface area contributed by atoms with Gasteiger partial charge in [0.2, 0.25) is 11.8 Å². The topological polar surface area (TPSA) is 80.3 Å². The number of carbonyl (C=O) groups is 2. The number of benzene rings is 1. The van der Waals surface area contributed by atoms with Gasteiger partial charge in [0.15, 0.2) is 11.6 Å². The number of amides is 2. The summed E-state index contributed by atoms with van der Waals surface area (Å²) in [5.74, 6) is -0.588. The van der Waals surface area contributed by atoms with Crippen LogP contribution in [0.15, 0.2) is 42.7 Å². The Balaban J connectivity index is 1.62. The van der Waals surface area contributed by atoms with E-state index in [0.29, 0.717) is 18.5 Å². The lowest BCUT2D eigenvalue weighted by Crippen LogP contribution is -2.30. The Labute approximate surface area is 151 Å². The fourth-order valence-electron chi connectivity index (χ4n) is 2.32. The van der Waals surface area contributed by atoms with Crippen LogP contribution in [0.5, 0.6) is 5.75 Å². The summed E-state index contributed by atoms with van der Waals surface area (Å²) < 4.78 is 18.4. The number of ether oxygens (including phenoxy) is 1. The van der Waals surface area contributed by atoms with Crippen LogP contribution in [-0.4, -0.2) is 30.5 Å². The molecule has 2 amide bonds. The molecule has 6 nitrogen and oxygen atoms in total. The van der Waals surface area contributed by atoms with E-state index in [0.717, 1.165) is 5.56 Å². The zero-order valence-corrected chi connectivity index (χ0v) is 14.6. The van der Waals surface area contributed by atoms with E-state index in [1.54, 1.807) is 18.5 Å². The number of carbonyl (C=O) groups excluding carboxylic acids is 2. The minimum atomic E-state index is -0.448. The van der Waals surface area contributed by atoms with Crippen molar-refractivity contribution >= 4 is 11.8 Å². The molecule has 2 N–H and O–H groups in total. The number of nitrogens with one attached hydrogen (secondary N) is 2. The molecule has 0 saturated carbocycles. The lowest BCUT2D eigenvalue weighted by molar-refractivity contribution is -0.122. The van der Waals surface area contributed by atoms with Gasteiger partial charge in [-0.1, -0.05) is 6.07 Å². The van der Waals surface area contributed by atoms with Crippen LogP contribution in [0.2, 0.25) is 0 Å². The molecule has 1 heterocycles. The largest absolute Gasteiger partial charge is 0.494 e. The maximum absolute atomic E-state index is 13.6. The van der Waals surface area contributed by atoms with Gasteiger partial charge in [-0.05, 0) is 41.8 Å². The predicted molar refractivity (Wildman–Crippen MR) is 95.0 cm³/mol. The number of halogens is 1. The van der Waals surface area contributed by atoms with E-state index in [-0.39, 0.29) is 37.0 Å². The average molecular weight is 359 g/mol. The van der Waals surface area contributed by atoms with Crippen molar-refractivity contribution in [2.24, 2.45) is 0 Å². The highest BCUT2D eigenvalue weighted by Gasteiger charge is 2.07. The minimum Gasteiger partial charge on any atom is -0.494 e. The first-order chi connectivity index (χ1) is 12.6. The van der Waals surface area contributed by atoms with Gasteiger partial charge in [0, 0.05) is 38.3 Å². The van der Waals surface area contributed by atoms with Crippen molar-refractivity contribution in [2.45, 2.75) is 25.8 Å². The molecule has 1 aromatic heterocycles. The summed E-state index contributed by atoms with van der Waals surface area (Å²) in [5, 5.41) is 5.47. The van der Waals surface area contributed by atoms with Crippen LogP contribution in [0.3, 0.4) is 0 Å². The zero-order valence-electron chi connectivity index (χ0n) is 14.6. The molecule has 0 spiro atoms. The minimum absolute atomic E-state index is 0.140. The van der Waals surface area contributed by atoms with Crippen LogP contribution >= 0.6 is 0 Å². The number of aromatic nitrogens is 1. The van der Waals surface area contributed by atoms with Crippen molar-refractivity contribution in [3.05, 3.63) is 59.7 Å². The third kappa shape index (κ3) is 6.51. The molecule has 0 aliphatic rings. The third-order valence-electron chi connectivity index (χ3n) is 3.77. The number of hydrogen-bond acceptors (Lipinski definition) is 4. The lowest BCUT2D eigenvalue weighted by atomic mass is 10.1. The Kier molecular flexibility index (Phi) is 7.54. The SMILES string of the molecule is COc1ccc(CCC(=O)NCCC(=O)NCc2ccncc2)cc1F. The Hall–Kier alpha value is -2.96. The second kappa shape index (κ2) is 10.1. The molecule has 1 aromatic carbocycles. The molecule has 0 fully saturated rings. The molecule has 0 atom stereocenters. The number of hydrogen-bond donors (Lipinski definition) is 2. The lowest BCUT2D eigenvalue weighted by Gasteiger charge is -2.08. The fourth-order valence-corrected chi connectivity index (χ4v) is 2.32. The molecular formula is C19H22FN3O3. The molecule has 0 unspecified atom stereocenters. The Morgan fingerprint density at radius 3 is 2.46 bits per heavy atom. The first-order valence-electron chi connectivity index (χ1n) is 8.33. The van der Waals surface area contributed by atoms with Crippen LogP contribution in [0.4, 0.5) is 4.39 Å². The molecule has 0 saturated heterocycles. The summed E-state index contributed by atoms with van der Waals surface area (Å²) in [6.45, 7) is 0.691. The molecule has 0 bridgehead atoms. The van der Waals surface area contributed by atoms with E-state index < -0.39 is 5.82 Å². The highest BCUT2D eigenvalue weighted by atomic mass is 19.1. The molecule has 2 rings (SSSR count). The summed E-state index contributed by atoms with van der Waals surface area (Å²) >= 11 is 0. The van der Waals surface area contributed by atoms with Crippen molar-refractivity contribution in [2.75, 3.05) is 13.7 Å². The second-order valence-electron chi connectivity index (χ2n) is 5.70. The molecule has 0 radical (unpaired) electrons. The standard InChI is InChI=1S/C19H22FN3O3/c1-26-17-4-2-14(12-16(17)20)3-5-18(24)22-11-8-19(25)23-13-15-6-9-21-10-7-15/h2,4,6-7,9-10,12H,3,5,8,11,13H2,1H3,(H,22,24)(H,23,25). The normalized spacial score (nSPS) is 10.2. The highest BCUT2D eigenvalue weighted by molar-refractivity contribution is 5.79. The smallest absolute Gasteiger partial charge is 0.222 e. The number of methoxy groups -OCH3 is 1. The van der Waals surface area contributed by atoms with Crippen molar-refractivity contribution in [1.29, 1.82) is 0 Å². The number of aryl methyl sites for hydroxylation is 1. The van der Waals surface area contributed by atoms with Gasteiger partial charge in [0.25, 0.3) is 0 Å². The van der Waals surface area contributed by atoms with E-state index in [2.05, 4.69) is 15.6 Å². The van der Waals surface area contributed by atoms with Gasteiger partial charge in [-0.15, -0.1) is 0 Å². The molecule has 7 heteroatoms. The number of pyridine rings is 1. The number of nitrogens with zero attached hydrogens (tertiary/aromatic N) is 1. The van der Waals surface area contributed by atoms with Gasteiger partial charge in [0.05, 0.1) is 7.11 Å². The van der Waals surface area contributed by atoms with Crippen LogP contribution in [0, 0.1) is 5.82 Å². The quantitative estimate of drug-likeness (QED) is 0.717. The maximum Gasteiger partial charge on any atom is 0.222 e. The third-order valence-corrected chi connectivity index (χ3v) is 3.77. The van der Waals surface area contributed by atoms with Gasteiger partial charge >= 0.3 is 0 Å². The van der Waals surface area contributed by atoms with Gasteiger partial charge in [-0.2, -0.15) is 0 Å². The van der Waals surface area contributed by atoms with Crippen LogP contribution < -0.4 is 15.4 Å². The monoisotopic (exact) mass is 359 g/mol. The summed E-state index contributed by atoms with van der Waals surface area (Å²) in [7, 11) is 1.40. The Morgan fingerprint density at radius 1 is 1.04 bits per heavy atom. The average Bonchev–Trinajstić information content (AvgIpc) is 2.65. The zero-order chi connectivity index (χ0) is 18.8. The van der Waals surface area contributed by atoms with Crippen molar-refractivity contribution < 1.29 is 18.7 Å². The molecule has 0 aliphatic carbocycles. The molecular weight excluding hydrogens is 337 g/mol. The number of rotatable bonds is 9. The summed E-state index contributed by atoms with van der Waals surface area (Å²) in [6.07, 6.45) is 4.17. The molecule has 2 aromatic rings. The van der Waals surface area contributed by atoms with Crippen molar-refractivity contribution in [3.8, 4) is 5.75 Å². The molecule has 26 heavy (non-hydrogen) atoms. The second-order valence-corrected chi connectivity index (χ2v) is 5.70. The van der Waals surface area contributed by atoms with Crippen LogP contribution in [-0.2, 0) is 22.6 Å². The summed E-state index contributed by atoms with van der Waals surface area (Å²) in [4.78, 5) is 27.5. The van der Waals surface area contributed by atoms with E-state index in [1.165, 1.54) is 19.2 Å². The predicted octanol–water partition coefficient (Wildman–Crippen LogP) is 1.98. The maximum atomic E-state index is 13.6. The van der Waals surface area contributed by atoms with E-state index in [1.807, 2.05) is 12.1 Å². The van der Waals surface area contributed by atoms with Crippen molar-refractivity contribution in [3.63, 3.8) is 0 Å². The van der Waals surface area contributed by atoms with Crippen LogP contribution in [0.25, 0.3) is 0 Å². The van der Waals surface area contributed by atoms with Gasteiger partial charge in [-0.25, -0.2) is 4.39 Å². The Morgan fingerprint density at radius 2 is 1.77 bits per heavy atom. The van der Waals surface area contributed by atoms with E-state index in [9.17, 15) is 14.0 Å². The Bertz CT molecular complexity index is 738. The van der Waals surface area contributed by atoms with E-state index >= 15 is 0 Å². The summed E-state index contributed by atoms with van der Waals surface area (Å²) in [6, 6.07) is 8.27. The first-order valence-corrected chi connectivity index (χ1v) is 8.33. The molecule has 0 aliphatic heterocycles. The van der Waals surface area contributed by atoms with Gasteiger partial charge in [-0.3, -0.25) is 14.6 Å². The highest BCUT2D eigenvalue weighted by Crippen LogP contribution is 2.18. The molecule has 138 valence electrons. The van der Waals surface area contributed by atoms with Gasteiger partial charge in [0.1, 0.15) is 0 Å². The fraction of sp³-hybridized carbons (Fsp3) is 0.316. The summed E-state index contributed by atoms with van der Waals surface area (Å²) in [5.41, 5.74) is 1.68. The van der Waals surface area contributed by atoms with Crippen LogP contribution in [0.1, 0.15) is 24.0 Å².